The lowest BCUT2D eigenvalue weighted by Crippen LogP contribution is -2.36. The van der Waals surface area contributed by atoms with E-state index >= 15 is 0 Å². The van der Waals surface area contributed by atoms with Crippen LogP contribution < -0.4 is 10.2 Å². The molecule has 1 aromatic rings. The lowest BCUT2D eigenvalue weighted by atomic mass is 10.1. The van der Waals surface area contributed by atoms with Gasteiger partial charge in [0.25, 0.3) is 0 Å². The van der Waals surface area contributed by atoms with Gasteiger partial charge >= 0.3 is 5.97 Å². The van der Waals surface area contributed by atoms with E-state index in [9.17, 15) is 9.59 Å². The van der Waals surface area contributed by atoms with Crippen LogP contribution in [-0.4, -0.2) is 36.6 Å². The fraction of sp³-hybridized carbons (Fsp3) is 0.385. The number of amides is 1. The van der Waals surface area contributed by atoms with E-state index < -0.39 is 5.97 Å². The van der Waals surface area contributed by atoms with Crippen molar-refractivity contribution in [3.8, 4) is 0 Å². The van der Waals surface area contributed by atoms with Crippen molar-refractivity contribution in [1.29, 1.82) is 0 Å². The zero-order valence-corrected chi connectivity index (χ0v) is 10.3. The third kappa shape index (κ3) is 2.45. The first-order chi connectivity index (χ1) is 8.61. The molecule has 2 rings (SSSR count). The molecule has 0 fully saturated rings. The number of carbonyl (C=O) groups excluding carboxylic acids is 1. The second kappa shape index (κ2) is 5.08. The molecule has 5 nitrogen and oxygen atoms in total. The van der Waals surface area contributed by atoms with E-state index in [4.69, 9.17) is 5.11 Å². The summed E-state index contributed by atoms with van der Waals surface area (Å²) in [5.41, 5.74) is 2.22. The van der Waals surface area contributed by atoms with E-state index in [0.717, 1.165) is 24.2 Å². The Labute approximate surface area is 105 Å². The molecule has 0 aromatic heterocycles. The van der Waals surface area contributed by atoms with Crippen LogP contribution in [-0.2, 0) is 11.2 Å². The van der Waals surface area contributed by atoms with Crippen molar-refractivity contribution in [2.45, 2.75) is 13.3 Å². The molecule has 5 heteroatoms. The maximum absolute atomic E-state index is 11.6. The summed E-state index contributed by atoms with van der Waals surface area (Å²) in [6, 6.07) is 5.08. The van der Waals surface area contributed by atoms with Crippen LogP contribution in [0.15, 0.2) is 18.2 Å². The minimum absolute atomic E-state index is 0.0360. The molecular weight excluding hydrogens is 232 g/mol. The lowest BCUT2D eigenvalue weighted by molar-refractivity contribution is -0.119. The molecule has 1 aliphatic heterocycles. The molecule has 18 heavy (non-hydrogen) atoms. The van der Waals surface area contributed by atoms with Gasteiger partial charge in [0, 0.05) is 18.8 Å². The first-order valence-corrected chi connectivity index (χ1v) is 5.99. The molecule has 0 saturated carbocycles. The van der Waals surface area contributed by atoms with Gasteiger partial charge in [-0.25, -0.2) is 4.79 Å². The van der Waals surface area contributed by atoms with Gasteiger partial charge < -0.3 is 15.3 Å². The molecular formula is C13H16N2O3. The Balaban J connectivity index is 2.18. The summed E-state index contributed by atoms with van der Waals surface area (Å²) >= 11 is 0. The summed E-state index contributed by atoms with van der Waals surface area (Å²) in [4.78, 5) is 24.4. The highest BCUT2D eigenvalue weighted by Crippen LogP contribution is 2.28. The van der Waals surface area contributed by atoms with E-state index in [1.807, 2.05) is 17.9 Å². The summed E-state index contributed by atoms with van der Waals surface area (Å²) < 4.78 is 0. The second-order valence-corrected chi connectivity index (χ2v) is 4.27. The van der Waals surface area contributed by atoms with Crippen LogP contribution in [0.25, 0.3) is 0 Å². The van der Waals surface area contributed by atoms with Crippen molar-refractivity contribution >= 4 is 17.6 Å². The number of aromatic carboxylic acids is 1. The summed E-state index contributed by atoms with van der Waals surface area (Å²) in [6.07, 6.45) is 0.856. The Morgan fingerprint density at radius 1 is 1.44 bits per heavy atom. The zero-order valence-electron chi connectivity index (χ0n) is 10.3. The Morgan fingerprint density at radius 2 is 2.22 bits per heavy atom. The average molecular weight is 248 g/mol. The molecule has 0 spiro atoms. The quantitative estimate of drug-likeness (QED) is 0.830. The highest BCUT2D eigenvalue weighted by Gasteiger charge is 2.22. The molecule has 1 heterocycles. The van der Waals surface area contributed by atoms with E-state index in [1.165, 1.54) is 0 Å². The average Bonchev–Trinajstić information content (AvgIpc) is 2.72. The number of fused-ring (bicyclic) bond motifs is 1. The first kappa shape index (κ1) is 12.4. The van der Waals surface area contributed by atoms with Gasteiger partial charge in [-0.05, 0) is 31.0 Å². The number of rotatable bonds is 4. The number of anilines is 1. The van der Waals surface area contributed by atoms with Gasteiger partial charge in [-0.3, -0.25) is 4.79 Å². The Hall–Kier alpha value is -2.04. The normalized spacial score (nSPS) is 13.3. The number of likely N-dealkylation sites (N-methyl/N-ethyl adjacent to an activating group) is 1. The molecule has 0 unspecified atom stereocenters. The number of carboxylic acids is 1. The van der Waals surface area contributed by atoms with Crippen molar-refractivity contribution in [3.05, 3.63) is 29.3 Å². The molecule has 0 atom stereocenters. The van der Waals surface area contributed by atoms with Crippen molar-refractivity contribution in [2.24, 2.45) is 0 Å². The molecule has 0 radical (unpaired) electrons. The molecule has 0 bridgehead atoms. The molecule has 2 N–H and O–H groups in total. The van der Waals surface area contributed by atoms with Gasteiger partial charge in [0.2, 0.25) is 5.91 Å². The standard InChI is InChI=1S/C13H16N2O3/c1-2-14-12(16)8-15-6-5-9-3-4-10(13(17)18)7-11(9)15/h3-4,7H,2,5-6,8H2,1H3,(H,14,16)(H,17,18). The number of nitrogens with one attached hydrogen (secondary N) is 1. The first-order valence-electron chi connectivity index (χ1n) is 5.99. The van der Waals surface area contributed by atoms with Crippen molar-refractivity contribution in [3.63, 3.8) is 0 Å². The molecule has 0 aliphatic carbocycles. The third-order valence-electron chi connectivity index (χ3n) is 3.03. The van der Waals surface area contributed by atoms with Crippen LogP contribution in [0, 0.1) is 0 Å². The van der Waals surface area contributed by atoms with Crippen LogP contribution in [0.3, 0.4) is 0 Å². The van der Waals surface area contributed by atoms with Crippen LogP contribution >= 0.6 is 0 Å². The summed E-state index contributed by atoms with van der Waals surface area (Å²) in [7, 11) is 0. The zero-order chi connectivity index (χ0) is 13.1. The van der Waals surface area contributed by atoms with E-state index in [0.29, 0.717) is 6.54 Å². The van der Waals surface area contributed by atoms with Crippen molar-refractivity contribution in [1.82, 2.24) is 5.32 Å². The SMILES string of the molecule is CCNC(=O)CN1CCc2ccc(C(=O)O)cc21. The number of carbonyl (C=O) groups is 2. The molecule has 1 amide bonds. The topological polar surface area (TPSA) is 69.6 Å². The highest BCUT2D eigenvalue weighted by atomic mass is 16.4. The maximum Gasteiger partial charge on any atom is 0.335 e. The fourth-order valence-corrected chi connectivity index (χ4v) is 2.17. The van der Waals surface area contributed by atoms with Crippen molar-refractivity contribution < 1.29 is 14.7 Å². The van der Waals surface area contributed by atoms with Gasteiger partial charge in [0.1, 0.15) is 0 Å². The van der Waals surface area contributed by atoms with Crippen molar-refractivity contribution in [2.75, 3.05) is 24.5 Å². The lowest BCUT2D eigenvalue weighted by Gasteiger charge is -2.18. The van der Waals surface area contributed by atoms with E-state index in [1.54, 1.807) is 12.1 Å². The minimum atomic E-state index is -0.942. The highest BCUT2D eigenvalue weighted by molar-refractivity contribution is 5.90. The van der Waals surface area contributed by atoms with E-state index in [-0.39, 0.29) is 18.0 Å². The largest absolute Gasteiger partial charge is 0.478 e. The number of hydrogen-bond donors (Lipinski definition) is 2. The van der Waals surface area contributed by atoms with Gasteiger partial charge in [0.15, 0.2) is 0 Å². The number of nitrogens with zero attached hydrogens (tertiary/aromatic N) is 1. The summed E-state index contributed by atoms with van der Waals surface area (Å²) in [5, 5.41) is 11.7. The van der Waals surface area contributed by atoms with Gasteiger partial charge in [-0.15, -0.1) is 0 Å². The maximum atomic E-state index is 11.6. The Morgan fingerprint density at radius 3 is 2.89 bits per heavy atom. The predicted octanol–water partition coefficient (Wildman–Crippen LogP) is 0.883. The van der Waals surface area contributed by atoms with Gasteiger partial charge in [0.05, 0.1) is 12.1 Å². The molecule has 0 saturated heterocycles. The van der Waals surface area contributed by atoms with E-state index in [2.05, 4.69) is 5.32 Å². The predicted molar refractivity (Wildman–Crippen MR) is 68.0 cm³/mol. The molecule has 1 aliphatic rings. The number of carboxylic acid groups (broad SMARTS) is 1. The van der Waals surface area contributed by atoms with Crippen LogP contribution in [0.2, 0.25) is 0 Å². The molecule has 1 aromatic carbocycles. The minimum Gasteiger partial charge on any atom is -0.478 e. The van der Waals surface area contributed by atoms with Gasteiger partial charge in [-0.2, -0.15) is 0 Å². The van der Waals surface area contributed by atoms with Gasteiger partial charge in [-0.1, -0.05) is 6.07 Å². The Kier molecular flexibility index (Phi) is 3.50. The number of benzene rings is 1. The smallest absolute Gasteiger partial charge is 0.335 e. The summed E-state index contributed by atoms with van der Waals surface area (Å²) in [5.74, 6) is -0.978. The fourth-order valence-electron chi connectivity index (χ4n) is 2.17. The summed E-state index contributed by atoms with van der Waals surface area (Å²) in [6.45, 7) is 3.52. The monoisotopic (exact) mass is 248 g/mol. The van der Waals surface area contributed by atoms with Crippen LogP contribution in [0.1, 0.15) is 22.8 Å². The number of hydrogen-bond acceptors (Lipinski definition) is 3. The van der Waals surface area contributed by atoms with Crippen LogP contribution in [0.5, 0.6) is 0 Å². The van der Waals surface area contributed by atoms with Crippen LogP contribution in [0.4, 0.5) is 5.69 Å². The Bertz CT molecular complexity index is 485. The second-order valence-electron chi connectivity index (χ2n) is 4.27. The molecule has 96 valence electrons. The third-order valence-corrected chi connectivity index (χ3v) is 3.03.